The fourth-order valence-corrected chi connectivity index (χ4v) is 2.34. The maximum Gasteiger partial charge on any atom is 0.257 e. The number of benzene rings is 1. The highest BCUT2D eigenvalue weighted by atomic mass is 16.5. The predicted molar refractivity (Wildman–Crippen MR) is 82.4 cm³/mol. The number of nitrogens with one attached hydrogen (secondary N) is 1. The number of aromatic nitrogens is 1. The zero-order chi connectivity index (χ0) is 15.6. The van der Waals surface area contributed by atoms with Crippen molar-refractivity contribution in [3.63, 3.8) is 0 Å². The van der Waals surface area contributed by atoms with Gasteiger partial charge in [-0.3, -0.25) is 4.79 Å². The first-order chi connectivity index (χ1) is 9.93. The average molecular weight is 286 g/mol. The lowest BCUT2D eigenvalue weighted by Gasteiger charge is -2.15. The van der Waals surface area contributed by atoms with Crippen LogP contribution in [0.15, 0.2) is 22.7 Å². The second kappa shape index (κ2) is 6.12. The maximum atomic E-state index is 12.4. The van der Waals surface area contributed by atoms with E-state index < -0.39 is 0 Å². The van der Waals surface area contributed by atoms with Crippen molar-refractivity contribution in [2.75, 3.05) is 0 Å². The molecule has 0 saturated carbocycles. The molecule has 1 aromatic heterocycles. The van der Waals surface area contributed by atoms with E-state index >= 15 is 0 Å². The molecule has 1 amide bonds. The summed E-state index contributed by atoms with van der Waals surface area (Å²) in [5.74, 6) is 0.438. The van der Waals surface area contributed by atoms with E-state index in [1.54, 1.807) is 6.92 Å². The molecule has 0 aliphatic heterocycles. The summed E-state index contributed by atoms with van der Waals surface area (Å²) in [5, 5.41) is 6.95. The van der Waals surface area contributed by atoms with E-state index in [9.17, 15) is 4.79 Å². The van der Waals surface area contributed by atoms with Crippen molar-refractivity contribution in [3.8, 4) is 0 Å². The summed E-state index contributed by atoms with van der Waals surface area (Å²) in [6, 6.07) is 6.18. The van der Waals surface area contributed by atoms with Crippen LogP contribution in [0.5, 0.6) is 0 Å². The van der Waals surface area contributed by atoms with Crippen LogP contribution in [0.3, 0.4) is 0 Å². The third-order valence-electron chi connectivity index (χ3n) is 3.87. The third-order valence-corrected chi connectivity index (χ3v) is 3.87. The number of hydrogen-bond acceptors (Lipinski definition) is 3. The zero-order valence-electron chi connectivity index (χ0n) is 13.3. The SMILES string of the molecule is CCc1noc(C)c1C(=O)NC(C)c1ccc(C)c(C)c1. The van der Waals surface area contributed by atoms with Crippen LogP contribution in [0.1, 0.15) is 58.4 Å². The standard InChI is InChI=1S/C17H22N2O2/c1-6-15-16(13(5)21-19-15)17(20)18-12(4)14-8-7-10(2)11(3)9-14/h7-9,12H,6H2,1-5H3,(H,18,20). The second-order valence-corrected chi connectivity index (χ2v) is 5.45. The normalized spacial score (nSPS) is 12.2. The first-order valence-electron chi connectivity index (χ1n) is 7.27. The van der Waals surface area contributed by atoms with Crippen molar-refractivity contribution in [1.29, 1.82) is 0 Å². The summed E-state index contributed by atoms with van der Waals surface area (Å²) in [4.78, 5) is 12.4. The lowest BCUT2D eigenvalue weighted by molar-refractivity contribution is 0.0937. The summed E-state index contributed by atoms with van der Waals surface area (Å²) >= 11 is 0. The van der Waals surface area contributed by atoms with E-state index in [1.165, 1.54) is 11.1 Å². The van der Waals surface area contributed by atoms with Gasteiger partial charge in [-0.15, -0.1) is 0 Å². The van der Waals surface area contributed by atoms with E-state index in [1.807, 2.05) is 13.8 Å². The molecule has 1 heterocycles. The predicted octanol–water partition coefficient (Wildman–Crippen LogP) is 3.65. The van der Waals surface area contributed by atoms with Gasteiger partial charge in [-0.25, -0.2) is 0 Å². The van der Waals surface area contributed by atoms with Gasteiger partial charge in [0.05, 0.1) is 11.7 Å². The molecule has 0 bridgehead atoms. The number of aryl methyl sites for hydroxylation is 4. The van der Waals surface area contributed by atoms with Crippen LogP contribution in [-0.4, -0.2) is 11.1 Å². The second-order valence-electron chi connectivity index (χ2n) is 5.45. The van der Waals surface area contributed by atoms with Gasteiger partial charge in [0.1, 0.15) is 11.3 Å². The highest BCUT2D eigenvalue weighted by Crippen LogP contribution is 2.19. The highest BCUT2D eigenvalue weighted by Gasteiger charge is 2.21. The van der Waals surface area contributed by atoms with Gasteiger partial charge >= 0.3 is 0 Å². The minimum Gasteiger partial charge on any atom is -0.361 e. The first-order valence-corrected chi connectivity index (χ1v) is 7.27. The Morgan fingerprint density at radius 2 is 2.00 bits per heavy atom. The van der Waals surface area contributed by atoms with Crippen molar-refractivity contribution in [2.24, 2.45) is 0 Å². The number of nitrogens with zero attached hydrogens (tertiary/aromatic N) is 1. The van der Waals surface area contributed by atoms with Crippen LogP contribution in [0.4, 0.5) is 0 Å². The summed E-state index contributed by atoms with van der Waals surface area (Å²) in [7, 11) is 0. The lowest BCUT2D eigenvalue weighted by atomic mass is 10.0. The Kier molecular flexibility index (Phi) is 4.46. The Morgan fingerprint density at radius 1 is 1.29 bits per heavy atom. The molecule has 21 heavy (non-hydrogen) atoms. The molecule has 1 unspecified atom stereocenters. The fourth-order valence-electron chi connectivity index (χ4n) is 2.34. The summed E-state index contributed by atoms with van der Waals surface area (Å²) < 4.78 is 5.12. The summed E-state index contributed by atoms with van der Waals surface area (Å²) in [6.07, 6.45) is 0.679. The Labute approximate surface area is 125 Å². The monoisotopic (exact) mass is 286 g/mol. The summed E-state index contributed by atoms with van der Waals surface area (Å²) in [5.41, 5.74) is 4.84. The van der Waals surface area contributed by atoms with Gasteiger partial charge in [0.2, 0.25) is 0 Å². The molecular weight excluding hydrogens is 264 g/mol. The number of carbonyl (C=O) groups is 1. The van der Waals surface area contributed by atoms with Crippen molar-refractivity contribution in [1.82, 2.24) is 10.5 Å². The first kappa shape index (κ1) is 15.3. The van der Waals surface area contributed by atoms with E-state index in [4.69, 9.17) is 4.52 Å². The smallest absolute Gasteiger partial charge is 0.257 e. The molecule has 1 atom stereocenters. The molecule has 112 valence electrons. The molecule has 2 rings (SSSR count). The molecule has 1 N–H and O–H groups in total. The van der Waals surface area contributed by atoms with E-state index in [0.717, 1.165) is 5.56 Å². The molecule has 0 spiro atoms. The van der Waals surface area contributed by atoms with Gasteiger partial charge in [-0.1, -0.05) is 30.3 Å². The van der Waals surface area contributed by atoms with Crippen LogP contribution in [0, 0.1) is 20.8 Å². The molecule has 0 saturated heterocycles. The van der Waals surface area contributed by atoms with Gasteiger partial charge in [0.15, 0.2) is 0 Å². The lowest BCUT2D eigenvalue weighted by Crippen LogP contribution is -2.27. The van der Waals surface area contributed by atoms with Crippen molar-refractivity contribution in [3.05, 3.63) is 51.9 Å². The van der Waals surface area contributed by atoms with Crippen LogP contribution in [-0.2, 0) is 6.42 Å². The highest BCUT2D eigenvalue weighted by molar-refractivity contribution is 5.96. The van der Waals surface area contributed by atoms with Gasteiger partial charge in [-0.05, 0) is 50.8 Å². The molecule has 4 heteroatoms. The zero-order valence-corrected chi connectivity index (χ0v) is 13.3. The quantitative estimate of drug-likeness (QED) is 0.933. The van der Waals surface area contributed by atoms with Crippen LogP contribution in [0.25, 0.3) is 0 Å². The largest absolute Gasteiger partial charge is 0.361 e. The van der Waals surface area contributed by atoms with Crippen LogP contribution >= 0.6 is 0 Å². The van der Waals surface area contributed by atoms with E-state index in [-0.39, 0.29) is 11.9 Å². The van der Waals surface area contributed by atoms with Gasteiger partial charge in [-0.2, -0.15) is 0 Å². The summed E-state index contributed by atoms with van der Waals surface area (Å²) in [6.45, 7) is 9.86. The Bertz CT molecular complexity index is 659. The van der Waals surface area contributed by atoms with Crippen molar-refractivity contribution >= 4 is 5.91 Å². The Morgan fingerprint density at radius 3 is 2.62 bits per heavy atom. The molecule has 0 fully saturated rings. The maximum absolute atomic E-state index is 12.4. The van der Waals surface area contributed by atoms with E-state index in [0.29, 0.717) is 23.4 Å². The fraction of sp³-hybridized carbons (Fsp3) is 0.412. The number of rotatable bonds is 4. The third kappa shape index (κ3) is 3.15. The van der Waals surface area contributed by atoms with Crippen LogP contribution < -0.4 is 5.32 Å². The van der Waals surface area contributed by atoms with Gasteiger partial charge in [0.25, 0.3) is 5.91 Å². The number of hydrogen-bond donors (Lipinski definition) is 1. The molecule has 4 nitrogen and oxygen atoms in total. The molecule has 0 aliphatic carbocycles. The number of carbonyl (C=O) groups excluding carboxylic acids is 1. The average Bonchev–Trinajstić information content (AvgIpc) is 2.82. The van der Waals surface area contributed by atoms with Gasteiger partial charge in [0, 0.05) is 0 Å². The molecule has 2 aromatic rings. The van der Waals surface area contributed by atoms with E-state index in [2.05, 4.69) is 42.5 Å². The molecule has 0 radical (unpaired) electrons. The molecule has 0 aliphatic rings. The molecular formula is C17H22N2O2. The minimum absolute atomic E-state index is 0.0594. The van der Waals surface area contributed by atoms with Gasteiger partial charge < -0.3 is 9.84 Å². The van der Waals surface area contributed by atoms with Crippen molar-refractivity contribution < 1.29 is 9.32 Å². The van der Waals surface area contributed by atoms with Crippen molar-refractivity contribution in [2.45, 2.75) is 47.1 Å². The van der Waals surface area contributed by atoms with Crippen LogP contribution in [0.2, 0.25) is 0 Å². The minimum atomic E-state index is -0.128. The number of amides is 1. The Balaban J connectivity index is 2.18. The topological polar surface area (TPSA) is 55.1 Å². The Hall–Kier alpha value is -2.10. The molecule has 1 aromatic carbocycles.